The van der Waals surface area contributed by atoms with Gasteiger partial charge < -0.3 is 9.30 Å². The Kier molecular flexibility index (Phi) is 6.01. The molecule has 7 heteroatoms. The number of ether oxygens (including phenoxy) is 1. The van der Waals surface area contributed by atoms with E-state index < -0.39 is 0 Å². The van der Waals surface area contributed by atoms with E-state index in [1.54, 1.807) is 23.6 Å². The molecule has 1 aromatic heterocycles. The lowest BCUT2D eigenvalue weighted by atomic mass is 10.1. The number of thiazole rings is 1. The van der Waals surface area contributed by atoms with Crippen LogP contribution in [-0.2, 0) is 16.1 Å². The molecule has 1 heterocycles. The average molecular weight is 417 g/mol. The molecule has 1 amide bonds. The Hall–Kier alpha value is -2.44. The second-order valence-electron chi connectivity index (χ2n) is 6.53. The first-order chi connectivity index (χ1) is 13.3. The SMILES string of the molecule is CCOC(=O)Cn1c(=NC(=O)c2ccc(C)cc2C)sc2ccc(Cl)c(C)c21. The van der Waals surface area contributed by atoms with Crippen LogP contribution >= 0.6 is 22.9 Å². The number of aryl methyl sites for hydroxylation is 3. The van der Waals surface area contributed by atoms with E-state index in [1.807, 2.05) is 39.0 Å². The van der Waals surface area contributed by atoms with Gasteiger partial charge in [-0.05, 0) is 57.0 Å². The number of aromatic nitrogens is 1. The molecule has 0 saturated heterocycles. The lowest BCUT2D eigenvalue weighted by Crippen LogP contribution is -2.23. The third-order valence-corrected chi connectivity index (χ3v) is 5.89. The summed E-state index contributed by atoms with van der Waals surface area (Å²) in [5, 5.41) is 0.593. The predicted octanol–water partition coefficient (Wildman–Crippen LogP) is 4.59. The maximum atomic E-state index is 12.8. The number of amides is 1. The first kappa shape index (κ1) is 20.3. The number of nitrogens with zero attached hydrogens (tertiary/aromatic N) is 2. The molecule has 3 aromatic rings. The minimum atomic E-state index is -0.387. The molecule has 2 aromatic carbocycles. The standard InChI is InChI=1S/C21H21ClN2O3S/c1-5-27-18(25)11-24-19-14(4)16(22)8-9-17(19)28-21(24)23-20(26)15-7-6-12(2)10-13(15)3/h6-10H,5,11H2,1-4H3. The molecule has 5 nitrogen and oxygen atoms in total. The first-order valence-electron chi connectivity index (χ1n) is 8.92. The van der Waals surface area contributed by atoms with E-state index in [9.17, 15) is 9.59 Å². The van der Waals surface area contributed by atoms with Crippen molar-refractivity contribution in [3.63, 3.8) is 0 Å². The van der Waals surface area contributed by atoms with Crippen LogP contribution in [-0.4, -0.2) is 23.1 Å². The number of fused-ring (bicyclic) bond motifs is 1. The number of benzene rings is 2. The molecule has 0 radical (unpaired) electrons. The molecule has 3 rings (SSSR count). The normalized spacial score (nSPS) is 11.8. The highest BCUT2D eigenvalue weighted by molar-refractivity contribution is 7.16. The van der Waals surface area contributed by atoms with Crippen LogP contribution in [0, 0.1) is 20.8 Å². The van der Waals surface area contributed by atoms with Gasteiger partial charge in [-0.15, -0.1) is 0 Å². The predicted molar refractivity (Wildman–Crippen MR) is 112 cm³/mol. The molecule has 0 atom stereocenters. The van der Waals surface area contributed by atoms with Crippen LogP contribution in [0.3, 0.4) is 0 Å². The lowest BCUT2D eigenvalue weighted by molar-refractivity contribution is -0.143. The van der Waals surface area contributed by atoms with E-state index in [0.717, 1.165) is 26.9 Å². The number of rotatable bonds is 4. The highest BCUT2D eigenvalue weighted by Gasteiger charge is 2.16. The van der Waals surface area contributed by atoms with Gasteiger partial charge in [-0.3, -0.25) is 9.59 Å². The minimum Gasteiger partial charge on any atom is -0.465 e. The van der Waals surface area contributed by atoms with Crippen molar-refractivity contribution < 1.29 is 14.3 Å². The number of carbonyl (C=O) groups excluding carboxylic acids is 2. The number of carbonyl (C=O) groups is 2. The van der Waals surface area contributed by atoms with Gasteiger partial charge in [0.25, 0.3) is 5.91 Å². The molecule has 0 fully saturated rings. The van der Waals surface area contributed by atoms with Crippen molar-refractivity contribution in [1.82, 2.24) is 4.57 Å². The zero-order chi connectivity index (χ0) is 20.4. The first-order valence-corrected chi connectivity index (χ1v) is 10.1. The van der Waals surface area contributed by atoms with Gasteiger partial charge in [0.05, 0.1) is 16.8 Å². The lowest BCUT2D eigenvalue weighted by Gasteiger charge is -2.08. The van der Waals surface area contributed by atoms with Crippen LogP contribution in [0.2, 0.25) is 5.02 Å². The van der Waals surface area contributed by atoms with Gasteiger partial charge in [0.2, 0.25) is 0 Å². The summed E-state index contributed by atoms with van der Waals surface area (Å²) >= 11 is 7.63. The zero-order valence-electron chi connectivity index (χ0n) is 16.2. The summed E-state index contributed by atoms with van der Waals surface area (Å²) in [6.07, 6.45) is 0. The summed E-state index contributed by atoms with van der Waals surface area (Å²) in [6.45, 7) is 7.75. The van der Waals surface area contributed by atoms with Crippen LogP contribution in [0.5, 0.6) is 0 Å². The molecule has 0 aliphatic carbocycles. The molecule has 0 aliphatic rings. The van der Waals surface area contributed by atoms with Gasteiger partial charge in [-0.1, -0.05) is 40.6 Å². The van der Waals surface area contributed by atoms with Crippen LogP contribution in [0.1, 0.15) is 34.0 Å². The Labute approximate surface area is 172 Å². The summed E-state index contributed by atoms with van der Waals surface area (Å²) in [4.78, 5) is 29.8. The summed E-state index contributed by atoms with van der Waals surface area (Å²) < 4.78 is 7.71. The van der Waals surface area contributed by atoms with Crippen molar-refractivity contribution in [3.8, 4) is 0 Å². The second-order valence-corrected chi connectivity index (χ2v) is 7.95. The Morgan fingerprint density at radius 1 is 1.18 bits per heavy atom. The van der Waals surface area contributed by atoms with Gasteiger partial charge in [-0.2, -0.15) is 4.99 Å². The molecular weight excluding hydrogens is 396 g/mol. The van der Waals surface area contributed by atoms with Crippen LogP contribution in [0.25, 0.3) is 10.2 Å². The van der Waals surface area contributed by atoms with Crippen LogP contribution in [0.15, 0.2) is 35.3 Å². The maximum absolute atomic E-state index is 12.8. The number of esters is 1. The molecule has 0 saturated carbocycles. The van der Waals surface area contributed by atoms with E-state index in [4.69, 9.17) is 16.3 Å². The topological polar surface area (TPSA) is 60.7 Å². The highest BCUT2D eigenvalue weighted by atomic mass is 35.5. The van der Waals surface area contributed by atoms with Gasteiger partial charge in [-0.25, -0.2) is 0 Å². The number of hydrogen-bond acceptors (Lipinski definition) is 4. The molecule has 0 bridgehead atoms. The van der Waals surface area contributed by atoms with E-state index in [1.165, 1.54) is 11.3 Å². The molecule has 0 N–H and O–H groups in total. The third-order valence-electron chi connectivity index (χ3n) is 4.43. The quantitative estimate of drug-likeness (QED) is 0.584. The van der Waals surface area contributed by atoms with Crippen molar-refractivity contribution >= 4 is 45.0 Å². The molecule has 146 valence electrons. The van der Waals surface area contributed by atoms with Gasteiger partial charge in [0, 0.05) is 10.6 Å². The van der Waals surface area contributed by atoms with Crippen molar-refractivity contribution in [2.24, 2.45) is 4.99 Å². The monoisotopic (exact) mass is 416 g/mol. The van der Waals surface area contributed by atoms with Crippen molar-refractivity contribution in [2.45, 2.75) is 34.2 Å². The van der Waals surface area contributed by atoms with Gasteiger partial charge in [0.1, 0.15) is 6.54 Å². The van der Waals surface area contributed by atoms with E-state index in [-0.39, 0.29) is 25.0 Å². The summed E-state index contributed by atoms with van der Waals surface area (Å²) in [6, 6.07) is 9.29. The molecule has 0 aliphatic heterocycles. The highest BCUT2D eigenvalue weighted by Crippen LogP contribution is 2.27. The molecule has 28 heavy (non-hydrogen) atoms. The second kappa shape index (κ2) is 8.29. The number of hydrogen-bond donors (Lipinski definition) is 0. The summed E-state index contributed by atoms with van der Waals surface area (Å²) in [5.41, 5.74) is 4.11. The fourth-order valence-corrected chi connectivity index (χ4v) is 4.32. The van der Waals surface area contributed by atoms with Crippen molar-refractivity contribution in [2.75, 3.05) is 6.61 Å². The zero-order valence-corrected chi connectivity index (χ0v) is 17.8. The van der Waals surface area contributed by atoms with Gasteiger partial charge >= 0.3 is 5.97 Å². The van der Waals surface area contributed by atoms with E-state index in [0.29, 0.717) is 15.4 Å². The maximum Gasteiger partial charge on any atom is 0.326 e. The van der Waals surface area contributed by atoms with Crippen molar-refractivity contribution in [1.29, 1.82) is 0 Å². The van der Waals surface area contributed by atoms with Crippen LogP contribution in [0.4, 0.5) is 0 Å². The number of halogens is 1. The Bertz CT molecular complexity index is 1140. The largest absolute Gasteiger partial charge is 0.465 e. The molecule has 0 unspecified atom stereocenters. The van der Waals surface area contributed by atoms with E-state index >= 15 is 0 Å². The van der Waals surface area contributed by atoms with Crippen molar-refractivity contribution in [3.05, 3.63) is 62.4 Å². The fraction of sp³-hybridized carbons (Fsp3) is 0.286. The fourth-order valence-electron chi connectivity index (χ4n) is 3.08. The average Bonchev–Trinajstić information content (AvgIpc) is 2.96. The minimum absolute atomic E-state index is 0.0337. The summed E-state index contributed by atoms with van der Waals surface area (Å²) in [5.74, 6) is -0.729. The Morgan fingerprint density at radius 3 is 2.61 bits per heavy atom. The third kappa shape index (κ3) is 4.03. The molecule has 0 spiro atoms. The Balaban J connectivity index is 2.18. The Morgan fingerprint density at radius 2 is 1.93 bits per heavy atom. The molecular formula is C21H21ClN2O3S. The van der Waals surface area contributed by atoms with Crippen LogP contribution < -0.4 is 4.80 Å². The van der Waals surface area contributed by atoms with E-state index in [2.05, 4.69) is 4.99 Å². The smallest absolute Gasteiger partial charge is 0.326 e. The van der Waals surface area contributed by atoms with Gasteiger partial charge in [0.15, 0.2) is 4.80 Å². The summed E-state index contributed by atoms with van der Waals surface area (Å²) in [7, 11) is 0.